The first-order valence-electron chi connectivity index (χ1n) is 6.93. The van der Waals surface area contributed by atoms with Crippen molar-refractivity contribution in [3.05, 3.63) is 66.1 Å². The van der Waals surface area contributed by atoms with Gasteiger partial charge in [-0.25, -0.2) is 0 Å². The summed E-state index contributed by atoms with van der Waals surface area (Å²) in [5.41, 5.74) is 1.30. The standard InChI is InChI=1S/C14H13FN4O3S/c15-10-2-1-8(5-12(10)19(21)22)6-18-4-3-11-9(7-18)13(20)17-14(23)16-11/h1-2,5H,3-4,6-7H2,(H2,16,17,20,23). The average molecular weight is 336 g/mol. The molecule has 9 heteroatoms. The van der Waals surface area contributed by atoms with Crippen LogP contribution in [0, 0.1) is 20.7 Å². The van der Waals surface area contributed by atoms with Gasteiger partial charge in [0.2, 0.25) is 5.82 Å². The maximum Gasteiger partial charge on any atom is 0.305 e. The van der Waals surface area contributed by atoms with Gasteiger partial charge in [0, 0.05) is 37.8 Å². The minimum atomic E-state index is -0.855. The lowest BCUT2D eigenvalue weighted by molar-refractivity contribution is -0.387. The number of hydrogen-bond acceptors (Lipinski definition) is 5. The van der Waals surface area contributed by atoms with Gasteiger partial charge in [0.1, 0.15) is 0 Å². The van der Waals surface area contributed by atoms with Crippen LogP contribution >= 0.6 is 12.2 Å². The molecule has 0 radical (unpaired) electrons. The zero-order valence-electron chi connectivity index (χ0n) is 12.0. The number of aromatic nitrogens is 2. The molecule has 3 rings (SSSR count). The molecule has 0 saturated heterocycles. The molecule has 2 heterocycles. The molecule has 0 aliphatic carbocycles. The summed E-state index contributed by atoms with van der Waals surface area (Å²) in [6, 6.07) is 3.84. The number of nitro groups is 1. The fourth-order valence-corrected chi connectivity index (χ4v) is 2.92. The van der Waals surface area contributed by atoms with E-state index in [-0.39, 0.29) is 5.56 Å². The normalized spacial score (nSPS) is 14.5. The third-order valence-corrected chi connectivity index (χ3v) is 4.01. The van der Waals surface area contributed by atoms with Crippen molar-refractivity contribution in [3.8, 4) is 0 Å². The van der Waals surface area contributed by atoms with Crippen molar-refractivity contribution in [3.63, 3.8) is 0 Å². The fraction of sp³-hybridized carbons (Fsp3) is 0.286. The second kappa shape index (κ2) is 6.01. The first-order valence-corrected chi connectivity index (χ1v) is 7.34. The second-order valence-electron chi connectivity index (χ2n) is 5.37. The predicted octanol–water partition coefficient (Wildman–Crippen LogP) is 2.04. The molecular formula is C14H13FN4O3S. The Labute approximate surface area is 134 Å². The summed E-state index contributed by atoms with van der Waals surface area (Å²) in [4.78, 5) is 29.5. The van der Waals surface area contributed by atoms with Gasteiger partial charge in [-0.2, -0.15) is 4.39 Å². The van der Waals surface area contributed by atoms with Gasteiger partial charge in [-0.1, -0.05) is 6.07 Å². The van der Waals surface area contributed by atoms with Crippen molar-refractivity contribution >= 4 is 17.9 Å². The summed E-state index contributed by atoms with van der Waals surface area (Å²) in [5, 5.41) is 10.8. The predicted molar refractivity (Wildman–Crippen MR) is 83.1 cm³/mol. The minimum absolute atomic E-state index is 0.224. The van der Waals surface area contributed by atoms with E-state index in [0.717, 1.165) is 11.8 Å². The lowest BCUT2D eigenvalue weighted by Gasteiger charge is -2.27. The number of nitro benzene ring substituents is 1. The van der Waals surface area contributed by atoms with Gasteiger partial charge < -0.3 is 4.98 Å². The average Bonchev–Trinajstić information content (AvgIpc) is 2.49. The maximum absolute atomic E-state index is 13.4. The topological polar surface area (TPSA) is 95.0 Å². The van der Waals surface area contributed by atoms with Crippen LogP contribution in [0.1, 0.15) is 16.8 Å². The molecule has 2 N–H and O–H groups in total. The number of benzene rings is 1. The molecular weight excluding hydrogens is 323 g/mol. The maximum atomic E-state index is 13.4. The number of halogens is 1. The highest BCUT2D eigenvalue weighted by atomic mass is 32.1. The van der Waals surface area contributed by atoms with E-state index in [1.165, 1.54) is 12.1 Å². The van der Waals surface area contributed by atoms with Gasteiger partial charge in [0.05, 0.1) is 10.5 Å². The van der Waals surface area contributed by atoms with Crippen molar-refractivity contribution < 1.29 is 9.31 Å². The minimum Gasteiger partial charge on any atom is -0.335 e. The molecule has 0 bridgehead atoms. The summed E-state index contributed by atoms with van der Waals surface area (Å²) in [6.07, 6.45) is 0.631. The van der Waals surface area contributed by atoms with Crippen LogP contribution in [0.15, 0.2) is 23.0 Å². The first-order chi connectivity index (χ1) is 10.9. The number of fused-ring (bicyclic) bond motifs is 1. The summed E-state index contributed by atoms with van der Waals surface area (Å²) in [5.74, 6) is -0.855. The van der Waals surface area contributed by atoms with Gasteiger partial charge in [-0.3, -0.25) is 24.8 Å². The third-order valence-electron chi connectivity index (χ3n) is 3.80. The van der Waals surface area contributed by atoms with Crippen molar-refractivity contribution in [2.24, 2.45) is 0 Å². The van der Waals surface area contributed by atoms with Gasteiger partial charge in [-0.15, -0.1) is 0 Å². The number of rotatable bonds is 3. The van der Waals surface area contributed by atoms with Crippen LogP contribution in [0.2, 0.25) is 0 Å². The molecule has 1 aromatic carbocycles. The quantitative estimate of drug-likeness (QED) is 0.508. The highest BCUT2D eigenvalue weighted by Crippen LogP contribution is 2.21. The summed E-state index contributed by atoms with van der Waals surface area (Å²) in [6.45, 7) is 1.48. The summed E-state index contributed by atoms with van der Waals surface area (Å²) in [7, 11) is 0. The van der Waals surface area contributed by atoms with Crippen molar-refractivity contribution in [1.82, 2.24) is 14.9 Å². The molecule has 0 saturated carbocycles. The Kier molecular flexibility index (Phi) is 4.05. The van der Waals surface area contributed by atoms with Gasteiger partial charge in [0.25, 0.3) is 5.56 Å². The first kappa shape index (κ1) is 15.5. The molecule has 0 unspecified atom stereocenters. The number of nitrogens with zero attached hydrogens (tertiary/aromatic N) is 2. The van der Waals surface area contributed by atoms with Gasteiger partial charge >= 0.3 is 5.69 Å². The van der Waals surface area contributed by atoms with Gasteiger partial charge in [-0.05, 0) is 23.8 Å². The van der Waals surface area contributed by atoms with Crippen molar-refractivity contribution in [2.45, 2.75) is 19.5 Å². The molecule has 1 aromatic heterocycles. The molecule has 23 heavy (non-hydrogen) atoms. The molecule has 2 aromatic rings. The van der Waals surface area contributed by atoms with Crippen LogP contribution in [0.4, 0.5) is 10.1 Å². The van der Waals surface area contributed by atoms with Crippen LogP contribution < -0.4 is 5.56 Å². The molecule has 0 amide bonds. The molecule has 0 fully saturated rings. The third kappa shape index (κ3) is 3.20. The van der Waals surface area contributed by atoms with Crippen LogP contribution in [0.25, 0.3) is 0 Å². The van der Waals surface area contributed by atoms with E-state index in [2.05, 4.69) is 9.97 Å². The summed E-state index contributed by atoms with van der Waals surface area (Å²) >= 11 is 4.95. The van der Waals surface area contributed by atoms with E-state index in [1.807, 2.05) is 4.90 Å². The molecule has 0 spiro atoms. The van der Waals surface area contributed by atoms with Crippen molar-refractivity contribution in [2.75, 3.05) is 6.54 Å². The van der Waals surface area contributed by atoms with Crippen LogP contribution in [-0.4, -0.2) is 26.3 Å². The number of H-pyrrole nitrogens is 2. The highest BCUT2D eigenvalue weighted by Gasteiger charge is 2.21. The lowest BCUT2D eigenvalue weighted by Crippen LogP contribution is -2.35. The molecule has 7 nitrogen and oxygen atoms in total. The fourth-order valence-electron chi connectivity index (χ4n) is 2.70. The zero-order chi connectivity index (χ0) is 16.6. The van der Waals surface area contributed by atoms with Crippen LogP contribution in [0.5, 0.6) is 0 Å². The van der Waals surface area contributed by atoms with Crippen molar-refractivity contribution in [1.29, 1.82) is 0 Å². The van der Waals surface area contributed by atoms with E-state index in [4.69, 9.17) is 12.2 Å². The second-order valence-corrected chi connectivity index (χ2v) is 5.78. The number of nitrogens with one attached hydrogen (secondary N) is 2. The van der Waals surface area contributed by atoms with E-state index >= 15 is 0 Å². The zero-order valence-corrected chi connectivity index (χ0v) is 12.8. The SMILES string of the molecule is O=c1[nH]c(=S)[nH]c2c1CN(Cc1ccc(F)c([N+](=O)[O-])c1)CC2. The lowest BCUT2D eigenvalue weighted by atomic mass is 10.1. The molecule has 1 aliphatic rings. The van der Waals surface area contributed by atoms with Gasteiger partial charge in [0.15, 0.2) is 4.77 Å². The Hall–Kier alpha value is -2.39. The molecule has 120 valence electrons. The van der Waals surface area contributed by atoms with E-state index in [1.54, 1.807) is 0 Å². The Bertz CT molecular complexity index is 892. The van der Waals surface area contributed by atoms with Crippen LogP contribution in [-0.2, 0) is 19.5 Å². The molecule has 1 aliphatic heterocycles. The Balaban J connectivity index is 1.83. The molecule has 0 atom stereocenters. The Morgan fingerprint density at radius 1 is 1.39 bits per heavy atom. The number of aromatic amines is 2. The summed E-state index contributed by atoms with van der Waals surface area (Å²) < 4.78 is 13.7. The smallest absolute Gasteiger partial charge is 0.305 e. The van der Waals surface area contributed by atoms with E-state index < -0.39 is 16.4 Å². The van der Waals surface area contributed by atoms with Crippen LogP contribution in [0.3, 0.4) is 0 Å². The monoisotopic (exact) mass is 336 g/mol. The van der Waals surface area contributed by atoms with E-state index in [0.29, 0.717) is 42.0 Å². The Morgan fingerprint density at radius 3 is 2.91 bits per heavy atom. The largest absolute Gasteiger partial charge is 0.335 e. The highest BCUT2D eigenvalue weighted by molar-refractivity contribution is 7.71. The Morgan fingerprint density at radius 2 is 2.17 bits per heavy atom. The number of hydrogen-bond donors (Lipinski definition) is 2. The van der Waals surface area contributed by atoms with E-state index in [9.17, 15) is 19.3 Å².